The van der Waals surface area contributed by atoms with Gasteiger partial charge < -0.3 is 25.2 Å². The number of hydrogen-bond acceptors (Lipinski definition) is 5. The first kappa shape index (κ1) is 18.0. The van der Waals surface area contributed by atoms with Gasteiger partial charge in [0, 0.05) is 31.0 Å². The van der Waals surface area contributed by atoms with Crippen LogP contribution in [-0.4, -0.2) is 55.9 Å². The molecule has 138 valence electrons. The third-order valence-electron chi connectivity index (χ3n) is 5.51. The van der Waals surface area contributed by atoms with Gasteiger partial charge in [0.25, 0.3) is 0 Å². The molecule has 1 heterocycles. The van der Waals surface area contributed by atoms with Crippen molar-refractivity contribution in [1.82, 2.24) is 4.90 Å². The highest BCUT2D eigenvalue weighted by molar-refractivity contribution is 5.77. The second-order valence-corrected chi connectivity index (χ2v) is 7.51. The lowest BCUT2D eigenvalue weighted by atomic mass is 9.76. The molecule has 0 aromatic heterocycles. The molecule has 6 nitrogen and oxygen atoms in total. The summed E-state index contributed by atoms with van der Waals surface area (Å²) in [5.41, 5.74) is 6.91. The molecule has 2 aliphatic rings. The van der Waals surface area contributed by atoms with E-state index >= 15 is 0 Å². The predicted octanol–water partition coefficient (Wildman–Crippen LogP) is 1.37. The second-order valence-electron chi connectivity index (χ2n) is 7.51. The lowest BCUT2D eigenvalue weighted by Gasteiger charge is -2.29. The summed E-state index contributed by atoms with van der Waals surface area (Å²) in [6.07, 6.45) is 2.46. The molecule has 1 aromatic rings. The Morgan fingerprint density at radius 3 is 2.76 bits per heavy atom. The maximum Gasteiger partial charge on any atom is 0.248 e. The molecule has 2 atom stereocenters. The number of hydrogen-bond donors (Lipinski definition) is 2. The predicted molar refractivity (Wildman–Crippen MR) is 94.8 cm³/mol. The van der Waals surface area contributed by atoms with E-state index in [1.54, 1.807) is 12.0 Å². The van der Waals surface area contributed by atoms with E-state index in [-0.39, 0.29) is 17.2 Å². The Labute approximate surface area is 148 Å². The highest BCUT2D eigenvalue weighted by atomic mass is 16.5. The molecular formula is C19H28N2O4. The van der Waals surface area contributed by atoms with Crippen LogP contribution in [-0.2, 0) is 4.79 Å². The number of benzene rings is 1. The Kier molecular flexibility index (Phi) is 5.20. The lowest BCUT2D eigenvalue weighted by molar-refractivity contribution is -0.133. The molecule has 0 spiro atoms. The standard InChI is InChI=1S/C19H28N2O4/c1-19(11-20)12-21(18(23)9-22)8-15(19)14-5-6-16(24-2)17(7-14)25-10-13-3-4-13/h5-7,13,15,22H,3-4,8-12,20H2,1-2H3/t15-,19+/m0/s1. The van der Waals surface area contributed by atoms with Crippen molar-refractivity contribution in [1.29, 1.82) is 0 Å². The zero-order valence-electron chi connectivity index (χ0n) is 15.0. The summed E-state index contributed by atoms with van der Waals surface area (Å²) < 4.78 is 11.4. The Morgan fingerprint density at radius 1 is 1.40 bits per heavy atom. The molecule has 1 amide bonds. The highest BCUT2D eigenvalue weighted by Crippen LogP contribution is 2.44. The highest BCUT2D eigenvalue weighted by Gasteiger charge is 2.44. The number of likely N-dealkylation sites (tertiary alicyclic amines) is 1. The molecule has 0 bridgehead atoms. The molecule has 1 saturated heterocycles. The molecule has 2 fully saturated rings. The van der Waals surface area contributed by atoms with Crippen LogP contribution in [0.2, 0.25) is 0 Å². The van der Waals surface area contributed by atoms with E-state index in [2.05, 4.69) is 6.92 Å². The minimum atomic E-state index is -0.467. The van der Waals surface area contributed by atoms with Crippen molar-refractivity contribution in [3.8, 4) is 11.5 Å². The van der Waals surface area contributed by atoms with Crippen molar-refractivity contribution in [2.75, 3.05) is 40.0 Å². The minimum Gasteiger partial charge on any atom is -0.493 e. The molecule has 3 rings (SSSR count). The van der Waals surface area contributed by atoms with Crippen molar-refractivity contribution in [2.45, 2.75) is 25.7 Å². The zero-order valence-corrected chi connectivity index (χ0v) is 15.0. The van der Waals surface area contributed by atoms with Crippen LogP contribution in [0.25, 0.3) is 0 Å². The van der Waals surface area contributed by atoms with E-state index in [0.717, 1.165) is 17.1 Å². The molecule has 6 heteroatoms. The van der Waals surface area contributed by atoms with E-state index in [9.17, 15) is 9.90 Å². The average molecular weight is 348 g/mol. The minimum absolute atomic E-state index is 0.0992. The zero-order chi connectivity index (χ0) is 18.0. The van der Waals surface area contributed by atoms with Crippen LogP contribution in [0.5, 0.6) is 11.5 Å². The van der Waals surface area contributed by atoms with Crippen molar-refractivity contribution in [3.63, 3.8) is 0 Å². The lowest BCUT2D eigenvalue weighted by Crippen LogP contribution is -2.36. The summed E-state index contributed by atoms with van der Waals surface area (Å²) in [6.45, 7) is 3.92. The number of nitrogens with zero attached hydrogens (tertiary/aromatic N) is 1. The largest absolute Gasteiger partial charge is 0.493 e. The topological polar surface area (TPSA) is 85.0 Å². The van der Waals surface area contributed by atoms with Crippen LogP contribution in [0.15, 0.2) is 18.2 Å². The first-order valence-electron chi connectivity index (χ1n) is 8.90. The Morgan fingerprint density at radius 2 is 2.16 bits per heavy atom. The first-order chi connectivity index (χ1) is 12.0. The van der Waals surface area contributed by atoms with Crippen LogP contribution >= 0.6 is 0 Å². The normalized spacial score (nSPS) is 25.9. The molecule has 1 saturated carbocycles. The Hall–Kier alpha value is -1.79. The van der Waals surface area contributed by atoms with E-state index in [1.807, 2.05) is 18.2 Å². The fourth-order valence-electron chi connectivity index (χ4n) is 3.57. The number of aliphatic hydroxyl groups excluding tert-OH is 1. The summed E-state index contributed by atoms with van der Waals surface area (Å²) in [5.74, 6) is 1.98. The van der Waals surface area contributed by atoms with Crippen LogP contribution in [0, 0.1) is 11.3 Å². The van der Waals surface area contributed by atoms with E-state index in [0.29, 0.717) is 32.2 Å². The maximum absolute atomic E-state index is 11.9. The third-order valence-corrected chi connectivity index (χ3v) is 5.51. The monoisotopic (exact) mass is 348 g/mol. The van der Waals surface area contributed by atoms with Crippen molar-refractivity contribution < 1.29 is 19.4 Å². The first-order valence-corrected chi connectivity index (χ1v) is 8.90. The van der Waals surface area contributed by atoms with Crippen LogP contribution in [0.3, 0.4) is 0 Å². The van der Waals surface area contributed by atoms with Crippen molar-refractivity contribution in [3.05, 3.63) is 23.8 Å². The van der Waals surface area contributed by atoms with Crippen molar-refractivity contribution in [2.24, 2.45) is 17.1 Å². The van der Waals surface area contributed by atoms with E-state index in [4.69, 9.17) is 15.2 Å². The van der Waals surface area contributed by atoms with Gasteiger partial charge in [-0.1, -0.05) is 13.0 Å². The van der Waals surface area contributed by atoms with Gasteiger partial charge in [-0.3, -0.25) is 4.79 Å². The molecule has 0 radical (unpaired) electrons. The van der Waals surface area contributed by atoms with Gasteiger partial charge in [-0.2, -0.15) is 0 Å². The molecule has 0 unspecified atom stereocenters. The van der Waals surface area contributed by atoms with Crippen molar-refractivity contribution >= 4 is 5.91 Å². The third kappa shape index (κ3) is 3.75. The SMILES string of the molecule is COc1ccc([C@@H]2CN(C(=O)CO)C[C@@]2(C)CN)cc1OCC1CC1. The summed E-state index contributed by atoms with van der Waals surface area (Å²) in [7, 11) is 1.64. The van der Waals surface area contributed by atoms with Gasteiger partial charge in [-0.25, -0.2) is 0 Å². The van der Waals surface area contributed by atoms with Gasteiger partial charge in [0.05, 0.1) is 13.7 Å². The van der Waals surface area contributed by atoms with Gasteiger partial charge in [0.2, 0.25) is 5.91 Å². The molecular weight excluding hydrogens is 320 g/mol. The summed E-state index contributed by atoms with van der Waals surface area (Å²) in [5, 5.41) is 9.18. The van der Waals surface area contributed by atoms with Gasteiger partial charge in [-0.05, 0) is 36.5 Å². The quantitative estimate of drug-likeness (QED) is 0.777. The number of rotatable bonds is 7. The Balaban J connectivity index is 1.85. The van der Waals surface area contributed by atoms with Crippen LogP contribution < -0.4 is 15.2 Å². The summed E-state index contributed by atoms with van der Waals surface area (Å²) in [4.78, 5) is 13.6. The van der Waals surface area contributed by atoms with Crippen LogP contribution in [0.1, 0.15) is 31.2 Å². The number of amides is 1. The van der Waals surface area contributed by atoms with Gasteiger partial charge >= 0.3 is 0 Å². The van der Waals surface area contributed by atoms with Gasteiger partial charge in [-0.15, -0.1) is 0 Å². The van der Waals surface area contributed by atoms with E-state index in [1.165, 1.54) is 12.8 Å². The number of ether oxygens (including phenoxy) is 2. The van der Waals surface area contributed by atoms with Crippen LogP contribution in [0.4, 0.5) is 0 Å². The van der Waals surface area contributed by atoms with Gasteiger partial charge in [0.15, 0.2) is 11.5 Å². The average Bonchev–Trinajstić information content (AvgIpc) is 3.40. The summed E-state index contributed by atoms with van der Waals surface area (Å²) >= 11 is 0. The molecule has 1 aliphatic carbocycles. The fraction of sp³-hybridized carbons (Fsp3) is 0.632. The number of nitrogens with two attached hydrogens (primary N) is 1. The molecule has 25 heavy (non-hydrogen) atoms. The van der Waals surface area contributed by atoms with Gasteiger partial charge in [0.1, 0.15) is 6.61 Å². The number of aliphatic hydroxyl groups is 1. The molecule has 1 aliphatic heterocycles. The Bertz CT molecular complexity index is 632. The number of methoxy groups -OCH3 is 1. The molecule has 3 N–H and O–H groups in total. The molecule has 1 aromatic carbocycles. The smallest absolute Gasteiger partial charge is 0.248 e. The number of carbonyl (C=O) groups excluding carboxylic acids is 1. The second kappa shape index (κ2) is 7.22. The number of carbonyl (C=O) groups is 1. The maximum atomic E-state index is 11.9. The summed E-state index contributed by atoms with van der Waals surface area (Å²) in [6, 6.07) is 5.96. The fourth-order valence-corrected chi connectivity index (χ4v) is 3.57. The van der Waals surface area contributed by atoms with E-state index < -0.39 is 6.61 Å².